The largest absolute Gasteiger partial charge is 0.493 e. The zero-order valence-electron chi connectivity index (χ0n) is 13.2. The van der Waals surface area contributed by atoms with Crippen molar-refractivity contribution in [2.24, 2.45) is 0 Å². The lowest BCUT2D eigenvalue weighted by atomic mass is 10.2. The van der Waals surface area contributed by atoms with Crippen molar-refractivity contribution < 1.29 is 14.3 Å². The number of nitrogens with one attached hydrogen (secondary N) is 2. The fraction of sp³-hybridized carbons (Fsp3) is 0.357. The van der Waals surface area contributed by atoms with Crippen LogP contribution in [-0.4, -0.2) is 51.4 Å². The number of carbonyl (C=O) groups excluding carboxylic acids is 1. The zero-order chi connectivity index (χ0) is 16.3. The lowest BCUT2D eigenvalue weighted by molar-refractivity contribution is 0.254. The molecular weight excluding hydrogens is 286 g/mol. The predicted molar refractivity (Wildman–Crippen MR) is 85.0 cm³/mol. The number of anilines is 2. The first kappa shape index (κ1) is 15.6. The number of hydrogen-bond acceptors (Lipinski definition) is 6. The quantitative estimate of drug-likeness (QED) is 0.889. The van der Waals surface area contributed by atoms with E-state index in [1.54, 1.807) is 31.3 Å². The maximum atomic E-state index is 11.6. The smallest absolute Gasteiger partial charge is 0.320 e. The van der Waals surface area contributed by atoms with Gasteiger partial charge in [0, 0.05) is 32.6 Å². The van der Waals surface area contributed by atoms with E-state index in [9.17, 15) is 4.79 Å². The van der Waals surface area contributed by atoms with E-state index in [0.29, 0.717) is 34.2 Å². The molecule has 0 bridgehead atoms. The van der Waals surface area contributed by atoms with Crippen molar-refractivity contribution in [2.75, 3.05) is 45.6 Å². The van der Waals surface area contributed by atoms with E-state index in [0.717, 1.165) is 0 Å². The number of urea groups is 1. The second-order valence-corrected chi connectivity index (χ2v) is 4.70. The number of aromatic nitrogens is 2. The van der Waals surface area contributed by atoms with Crippen molar-refractivity contribution in [3.8, 4) is 11.5 Å². The third kappa shape index (κ3) is 2.95. The number of carbonyl (C=O) groups is 1. The molecule has 0 aliphatic carbocycles. The van der Waals surface area contributed by atoms with Gasteiger partial charge in [-0.15, -0.1) is 0 Å². The van der Waals surface area contributed by atoms with Gasteiger partial charge in [0.05, 0.1) is 19.7 Å². The third-order valence-electron chi connectivity index (χ3n) is 3.05. The van der Waals surface area contributed by atoms with Crippen molar-refractivity contribution in [3.63, 3.8) is 0 Å². The van der Waals surface area contributed by atoms with Crippen molar-refractivity contribution in [1.29, 1.82) is 0 Å². The number of nitrogens with zero attached hydrogens (tertiary/aromatic N) is 3. The van der Waals surface area contributed by atoms with E-state index < -0.39 is 0 Å². The average Bonchev–Trinajstić information content (AvgIpc) is 2.52. The van der Waals surface area contributed by atoms with Gasteiger partial charge in [-0.05, 0) is 6.07 Å². The van der Waals surface area contributed by atoms with Gasteiger partial charge in [-0.25, -0.2) is 9.78 Å². The lowest BCUT2D eigenvalue weighted by Crippen LogP contribution is -2.25. The summed E-state index contributed by atoms with van der Waals surface area (Å²) < 4.78 is 10.6. The van der Waals surface area contributed by atoms with Crippen LogP contribution in [0.1, 0.15) is 0 Å². The minimum absolute atomic E-state index is 0.362. The van der Waals surface area contributed by atoms with Crippen LogP contribution in [0.4, 0.5) is 16.6 Å². The molecule has 2 aromatic rings. The van der Waals surface area contributed by atoms with Gasteiger partial charge < -0.3 is 19.7 Å². The molecule has 1 aromatic heterocycles. The first-order valence-electron chi connectivity index (χ1n) is 6.60. The van der Waals surface area contributed by atoms with E-state index in [1.807, 2.05) is 14.1 Å². The first-order valence-corrected chi connectivity index (χ1v) is 6.60. The Morgan fingerprint density at radius 3 is 2.32 bits per heavy atom. The number of rotatable bonds is 4. The molecule has 0 unspecified atom stereocenters. The number of hydrogen-bond donors (Lipinski definition) is 2. The highest BCUT2D eigenvalue weighted by Crippen LogP contribution is 2.34. The highest BCUT2D eigenvalue weighted by molar-refractivity contribution is 6.00. The van der Waals surface area contributed by atoms with Gasteiger partial charge in [0.15, 0.2) is 11.5 Å². The van der Waals surface area contributed by atoms with Crippen LogP contribution in [-0.2, 0) is 0 Å². The molecule has 22 heavy (non-hydrogen) atoms. The van der Waals surface area contributed by atoms with E-state index in [4.69, 9.17) is 9.47 Å². The Hall–Kier alpha value is -2.77. The van der Waals surface area contributed by atoms with Gasteiger partial charge in [0.1, 0.15) is 5.82 Å². The molecule has 2 N–H and O–H groups in total. The molecule has 0 aliphatic heterocycles. The molecule has 2 amide bonds. The summed E-state index contributed by atoms with van der Waals surface area (Å²) in [4.78, 5) is 22.2. The molecule has 0 saturated heterocycles. The average molecular weight is 305 g/mol. The molecule has 0 spiro atoms. The first-order chi connectivity index (χ1) is 10.5. The minimum Gasteiger partial charge on any atom is -0.493 e. The van der Waals surface area contributed by atoms with Crippen molar-refractivity contribution in [1.82, 2.24) is 15.3 Å². The molecule has 118 valence electrons. The normalized spacial score (nSPS) is 10.2. The van der Waals surface area contributed by atoms with Crippen molar-refractivity contribution in [3.05, 3.63) is 12.1 Å². The number of ether oxygens (including phenoxy) is 2. The molecule has 2 rings (SSSR count). The monoisotopic (exact) mass is 305 g/mol. The Morgan fingerprint density at radius 2 is 1.77 bits per heavy atom. The molecule has 8 nitrogen and oxygen atoms in total. The minimum atomic E-state index is -0.362. The highest BCUT2D eigenvalue weighted by Gasteiger charge is 2.15. The second kappa shape index (κ2) is 6.33. The van der Waals surface area contributed by atoms with E-state index in [2.05, 4.69) is 20.6 Å². The van der Waals surface area contributed by atoms with Crippen LogP contribution >= 0.6 is 0 Å². The number of methoxy groups -OCH3 is 2. The van der Waals surface area contributed by atoms with Crippen molar-refractivity contribution >= 4 is 28.7 Å². The van der Waals surface area contributed by atoms with Gasteiger partial charge in [0.25, 0.3) is 0 Å². The predicted octanol–water partition coefficient (Wildman–Crippen LogP) is 1.46. The third-order valence-corrected chi connectivity index (χ3v) is 3.05. The highest BCUT2D eigenvalue weighted by atomic mass is 16.5. The summed E-state index contributed by atoms with van der Waals surface area (Å²) in [7, 11) is 8.29. The van der Waals surface area contributed by atoms with E-state index in [1.165, 1.54) is 7.05 Å². The molecule has 0 fully saturated rings. The Kier molecular flexibility index (Phi) is 4.50. The van der Waals surface area contributed by atoms with Gasteiger partial charge in [-0.3, -0.25) is 5.32 Å². The molecule has 0 aliphatic rings. The van der Waals surface area contributed by atoms with Crippen molar-refractivity contribution in [2.45, 2.75) is 0 Å². The van der Waals surface area contributed by atoms with Gasteiger partial charge >= 0.3 is 6.03 Å². The summed E-state index contributed by atoms with van der Waals surface area (Å²) >= 11 is 0. The zero-order valence-corrected chi connectivity index (χ0v) is 13.2. The van der Waals surface area contributed by atoms with Crippen LogP contribution in [0.25, 0.3) is 10.9 Å². The fourth-order valence-corrected chi connectivity index (χ4v) is 1.91. The molecular formula is C14H19N5O3. The molecule has 1 heterocycles. The molecule has 0 radical (unpaired) electrons. The van der Waals surface area contributed by atoms with Gasteiger partial charge in [0.2, 0.25) is 5.95 Å². The SMILES string of the molecule is CNC(=O)Nc1nc(N(C)C)nc2cc(OC)c(OC)cc12. The summed E-state index contributed by atoms with van der Waals surface area (Å²) in [5.41, 5.74) is 0.641. The Balaban J connectivity index is 2.70. The van der Waals surface area contributed by atoms with Crippen LogP contribution in [0.5, 0.6) is 11.5 Å². The number of amides is 2. The second-order valence-electron chi connectivity index (χ2n) is 4.70. The van der Waals surface area contributed by atoms with Crippen LogP contribution in [0.3, 0.4) is 0 Å². The van der Waals surface area contributed by atoms with E-state index in [-0.39, 0.29) is 6.03 Å². The number of benzene rings is 1. The van der Waals surface area contributed by atoms with Gasteiger partial charge in [-0.2, -0.15) is 4.98 Å². The maximum Gasteiger partial charge on any atom is 0.320 e. The Bertz CT molecular complexity index is 702. The summed E-state index contributed by atoms with van der Waals surface area (Å²) in [6, 6.07) is 3.12. The summed E-state index contributed by atoms with van der Waals surface area (Å²) in [5, 5.41) is 5.85. The topological polar surface area (TPSA) is 88.6 Å². The lowest BCUT2D eigenvalue weighted by Gasteiger charge is -2.16. The number of fused-ring (bicyclic) bond motifs is 1. The molecule has 0 atom stereocenters. The van der Waals surface area contributed by atoms with Gasteiger partial charge in [-0.1, -0.05) is 0 Å². The van der Waals surface area contributed by atoms with Crippen LogP contribution in [0.2, 0.25) is 0 Å². The Labute approximate surface area is 128 Å². The maximum absolute atomic E-state index is 11.6. The van der Waals surface area contributed by atoms with Crippen LogP contribution in [0, 0.1) is 0 Å². The summed E-state index contributed by atoms with van der Waals surface area (Å²) in [6.07, 6.45) is 0. The summed E-state index contributed by atoms with van der Waals surface area (Å²) in [5.74, 6) is 1.97. The fourth-order valence-electron chi connectivity index (χ4n) is 1.91. The summed E-state index contributed by atoms with van der Waals surface area (Å²) in [6.45, 7) is 0. The van der Waals surface area contributed by atoms with Crippen LogP contribution < -0.4 is 25.0 Å². The standard InChI is InChI=1S/C14H19N5O3/c1-15-14(20)18-12-8-6-10(21-4)11(22-5)7-9(8)16-13(17-12)19(2)3/h6-7H,1-5H3,(H2,15,16,17,18,20). The molecule has 0 saturated carbocycles. The van der Waals surface area contributed by atoms with Crippen LogP contribution in [0.15, 0.2) is 12.1 Å². The molecule has 8 heteroatoms. The van der Waals surface area contributed by atoms with E-state index >= 15 is 0 Å². The Morgan fingerprint density at radius 1 is 1.14 bits per heavy atom. The molecule has 1 aromatic carbocycles.